The summed E-state index contributed by atoms with van der Waals surface area (Å²) < 4.78 is 1.58. The maximum absolute atomic E-state index is 11.7. The first-order valence-corrected chi connectivity index (χ1v) is 5.71. The number of amides is 2. The number of carbonyl (C=O) groups is 1. The van der Waals surface area contributed by atoms with Gasteiger partial charge in [0.15, 0.2) is 0 Å². The first-order chi connectivity index (χ1) is 8.04. The van der Waals surface area contributed by atoms with Gasteiger partial charge in [-0.05, 0) is 12.3 Å². The molecule has 0 bridgehead atoms. The monoisotopic (exact) mass is 240 g/mol. The Morgan fingerprint density at radius 2 is 2.29 bits per heavy atom. The van der Waals surface area contributed by atoms with Gasteiger partial charge in [0.25, 0.3) is 0 Å². The van der Waals surface area contributed by atoms with Crippen molar-refractivity contribution in [3.8, 4) is 0 Å². The molecule has 6 nitrogen and oxygen atoms in total. The van der Waals surface area contributed by atoms with Crippen LogP contribution in [-0.2, 0) is 7.05 Å². The molecule has 0 aromatic carbocycles. The van der Waals surface area contributed by atoms with Crippen LogP contribution in [0, 0.1) is 5.92 Å². The molecule has 96 valence electrons. The smallest absolute Gasteiger partial charge is 0.320 e. The summed E-state index contributed by atoms with van der Waals surface area (Å²) in [6.45, 7) is 4.07. The summed E-state index contributed by atoms with van der Waals surface area (Å²) in [5, 5.41) is 18.4. The summed E-state index contributed by atoms with van der Waals surface area (Å²) in [6.07, 6.45) is 2.17. The highest BCUT2D eigenvalue weighted by Gasteiger charge is 2.15. The lowest BCUT2D eigenvalue weighted by atomic mass is 10.0. The summed E-state index contributed by atoms with van der Waals surface area (Å²) in [4.78, 5) is 11.7. The Bertz CT molecular complexity index is 362. The molecule has 0 aliphatic rings. The molecule has 3 N–H and O–H groups in total. The van der Waals surface area contributed by atoms with Crippen molar-refractivity contribution >= 4 is 11.8 Å². The molecule has 6 heteroatoms. The van der Waals surface area contributed by atoms with Gasteiger partial charge in [0.05, 0.1) is 6.20 Å². The minimum Gasteiger partial charge on any atom is -0.396 e. The summed E-state index contributed by atoms with van der Waals surface area (Å²) in [5.74, 6) is 0.911. The van der Waals surface area contributed by atoms with E-state index in [2.05, 4.69) is 15.7 Å². The first-order valence-electron chi connectivity index (χ1n) is 5.71. The van der Waals surface area contributed by atoms with Crippen LogP contribution < -0.4 is 10.6 Å². The van der Waals surface area contributed by atoms with Gasteiger partial charge >= 0.3 is 6.03 Å². The number of anilines is 1. The maximum Gasteiger partial charge on any atom is 0.320 e. The fraction of sp³-hybridized carbons (Fsp3) is 0.636. The van der Waals surface area contributed by atoms with Gasteiger partial charge in [-0.15, -0.1) is 0 Å². The van der Waals surface area contributed by atoms with Crippen LogP contribution in [0.5, 0.6) is 0 Å². The lowest BCUT2D eigenvalue weighted by molar-refractivity contribution is 0.227. The molecule has 0 unspecified atom stereocenters. The predicted octanol–water partition coefficient (Wildman–Crippen LogP) is 0.949. The molecule has 0 aliphatic carbocycles. The van der Waals surface area contributed by atoms with Crippen molar-refractivity contribution in [1.82, 2.24) is 15.1 Å². The Kier molecular flexibility index (Phi) is 4.96. The summed E-state index contributed by atoms with van der Waals surface area (Å²) in [6, 6.07) is 1.41. The third-order valence-electron chi connectivity index (χ3n) is 2.62. The highest BCUT2D eigenvalue weighted by molar-refractivity contribution is 5.88. The largest absolute Gasteiger partial charge is 0.396 e. The number of hydrogen-bond donors (Lipinski definition) is 3. The zero-order valence-electron chi connectivity index (χ0n) is 10.5. The maximum atomic E-state index is 11.7. The number of rotatable bonds is 5. The van der Waals surface area contributed by atoms with Crippen LogP contribution in [0.15, 0.2) is 12.3 Å². The Balaban J connectivity index is 2.50. The highest BCUT2D eigenvalue weighted by atomic mass is 16.3. The van der Waals surface area contributed by atoms with Crippen molar-refractivity contribution in [2.45, 2.75) is 26.3 Å². The van der Waals surface area contributed by atoms with Crippen molar-refractivity contribution < 1.29 is 9.90 Å². The number of aliphatic hydroxyl groups is 1. The second-order valence-electron chi connectivity index (χ2n) is 4.30. The van der Waals surface area contributed by atoms with E-state index < -0.39 is 0 Å². The molecule has 2 amide bonds. The first kappa shape index (κ1) is 13.5. The average molecular weight is 240 g/mol. The van der Waals surface area contributed by atoms with Crippen molar-refractivity contribution in [2.24, 2.45) is 13.0 Å². The van der Waals surface area contributed by atoms with Crippen molar-refractivity contribution in [2.75, 3.05) is 11.9 Å². The van der Waals surface area contributed by atoms with E-state index in [0.29, 0.717) is 12.2 Å². The van der Waals surface area contributed by atoms with E-state index in [-0.39, 0.29) is 24.6 Å². The quantitative estimate of drug-likeness (QED) is 0.717. The second kappa shape index (κ2) is 6.24. The molecule has 0 aliphatic heterocycles. The normalized spacial score (nSPS) is 12.5. The number of aryl methyl sites for hydroxylation is 1. The van der Waals surface area contributed by atoms with Gasteiger partial charge < -0.3 is 10.4 Å². The third-order valence-corrected chi connectivity index (χ3v) is 2.62. The summed E-state index contributed by atoms with van der Waals surface area (Å²) in [5.41, 5.74) is 0. The van der Waals surface area contributed by atoms with Crippen LogP contribution in [0.2, 0.25) is 0 Å². The predicted molar refractivity (Wildman–Crippen MR) is 65.7 cm³/mol. The van der Waals surface area contributed by atoms with Gasteiger partial charge in [0.2, 0.25) is 0 Å². The van der Waals surface area contributed by atoms with Gasteiger partial charge in [0.1, 0.15) is 5.82 Å². The van der Waals surface area contributed by atoms with Crippen LogP contribution in [0.25, 0.3) is 0 Å². The number of hydrogen-bond acceptors (Lipinski definition) is 3. The van der Waals surface area contributed by atoms with Gasteiger partial charge in [-0.25, -0.2) is 4.79 Å². The van der Waals surface area contributed by atoms with E-state index in [0.717, 1.165) is 0 Å². The van der Waals surface area contributed by atoms with Crippen molar-refractivity contribution in [3.63, 3.8) is 0 Å². The third kappa shape index (κ3) is 4.07. The minimum atomic E-state index is -0.277. The number of carbonyl (C=O) groups excluding carboxylic acids is 1. The van der Waals surface area contributed by atoms with Crippen molar-refractivity contribution in [1.29, 1.82) is 0 Å². The van der Waals surface area contributed by atoms with Gasteiger partial charge in [-0.3, -0.25) is 10.00 Å². The molecule has 0 radical (unpaired) electrons. The zero-order chi connectivity index (χ0) is 12.8. The summed E-state index contributed by atoms with van der Waals surface area (Å²) in [7, 11) is 1.75. The Labute approximate surface area is 101 Å². The van der Waals surface area contributed by atoms with Crippen LogP contribution in [0.4, 0.5) is 10.6 Å². The van der Waals surface area contributed by atoms with E-state index in [4.69, 9.17) is 5.11 Å². The molecule has 1 aromatic rings. The molecular weight excluding hydrogens is 220 g/mol. The Morgan fingerprint density at radius 3 is 2.76 bits per heavy atom. The van der Waals surface area contributed by atoms with Gasteiger partial charge in [-0.1, -0.05) is 13.8 Å². The fourth-order valence-corrected chi connectivity index (χ4v) is 1.53. The molecule has 0 saturated heterocycles. The number of nitrogens with zero attached hydrogens (tertiary/aromatic N) is 2. The summed E-state index contributed by atoms with van der Waals surface area (Å²) >= 11 is 0. The topological polar surface area (TPSA) is 79.2 Å². The number of urea groups is 1. The molecule has 1 aromatic heterocycles. The average Bonchev–Trinajstić information content (AvgIpc) is 2.63. The SMILES string of the molecule is CC(C)[C@H](CCO)NC(=O)Nc1ccnn1C. The van der Waals surface area contributed by atoms with Gasteiger partial charge in [0, 0.05) is 25.8 Å². The molecule has 0 fully saturated rings. The van der Waals surface area contributed by atoms with Crippen molar-refractivity contribution in [3.05, 3.63) is 12.3 Å². The number of aliphatic hydroxyl groups excluding tert-OH is 1. The van der Waals surface area contributed by atoms with E-state index in [1.165, 1.54) is 0 Å². The molecule has 1 rings (SSSR count). The van der Waals surface area contributed by atoms with Crippen LogP contribution in [0.1, 0.15) is 20.3 Å². The Hall–Kier alpha value is -1.56. The molecule has 1 heterocycles. The molecule has 17 heavy (non-hydrogen) atoms. The fourth-order valence-electron chi connectivity index (χ4n) is 1.53. The highest BCUT2D eigenvalue weighted by Crippen LogP contribution is 2.07. The molecule has 0 saturated carbocycles. The zero-order valence-corrected chi connectivity index (χ0v) is 10.5. The molecule has 0 spiro atoms. The van der Waals surface area contributed by atoms with E-state index in [9.17, 15) is 4.79 Å². The lowest BCUT2D eigenvalue weighted by Crippen LogP contribution is -2.41. The van der Waals surface area contributed by atoms with Crippen LogP contribution >= 0.6 is 0 Å². The van der Waals surface area contributed by atoms with Crippen LogP contribution in [0.3, 0.4) is 0 Å². The van der Waals surface area contributed by atoms with E-state index >= 15 is 0 Å². The molecular formula is C11H20N4O2. The lowest BCUT2D eigenvalue weighted by Gasteiger charge is -2.21. The van der Waals surface area contributed by atoms with Crippen LogP contribution in [-0.4, -0.2) is 33.6 Å². The van der Waals surface area contributed by atoms with E-state index in [1.54, 1.807) is 24.0 Å². The number of aromatic nitrogens is 2. The Morgan fingerprint density at radius 1 is 1.59 bits per heavy atom. The minimum absolute atomic E-state index is 0.0340. The van der Waals surface area contributed by atoms with E-state index in [1.807, 2.05) is 13.8 Å². The standard InChI is InChI=1S/C11H20N4O2/c1-8(2)9(5-7-16)13-11(17)14-10-4-6-12-15(10)3/h4,6,8-9,16H,5,7H2,1-3H3,(H2,13,14,17)/t9-/m0/s1. The molecule has 1 atom stereocenters. The van der Waals surface area contributed by atoms with Gasteiger partial charge in [-0.2, -0.15) is 5.10 Å². The number of nitrogens with one attached hydrogen (secondary N) is 2. The second-order valence-corrected chi connectivity index (χ2v) is 4.30.